The summed E-state index contributed by atoms with van der Waals surface area (Å²) in [5.41, 5.74) is 1.57. The van der Waals surface area contributed by atoms with Gasteiger partial charge >= 0.3 is 0 Å². The number of thioether (sulfide) groups is 1. The molecule has 7 nitrogen and oxygen atoms in total. The molecular formula is C14H19ClN6OS. The monoisotopic (exact) mass is 354 g/mol. The minimum Gasteiger partial charge on any atom is -0.325 e. The molecule has 1 amide bonds. The van der Waals surface area contributed by atoms with E-state index in [1.54, 1.807) is 16.8 Å². The van der Waals surface area contributed by atoms with Gasteiger partial charge in [0, 0.05) is 17.3 Å². The summed E-state index contributed by atoms with van der Waals surface area (Å²) in [7, 11) is 3.97. The number of aromatic nitrogens is 4. The molecule has 1 heterocycles. The predicted molar refractivity (Wildman–Crippen MR) is 91.9 cm³/mol. The number of nitrogens with one attached hydrogen (secondary N) is 1. The highest BCUT2D eigenvalue weighted by Gasteiger charge is 2.11. The third-order valence-corrected chi connectivity index (χ3v) is 4.50. The lowest BCUT2D eigenvalue weighted by Gasteiger charge is -2.10. The number of hydrogen-bond acceptors (Lipinski definition) is 6. The first kappa shape index (κ1) is 17.7. The fraction of sp³-hybridized carbons (Fsp3) is 0.429. The van der Waals surface area contributed by atoms with Crippen molar-refractivity contribution in [2.45, 2.75) is 18.6 Å². The number of hydrogen-bond donors (Lipinski definition) is 1. The van der Waals surface area contributed by atoms with Crippen LogP contribution >= 0.6 is 23.4 Å². The lowest BCUT2D eigenvalue weighted by atomic mass is 10.2. The number of carbonyl (C=O) groups is 1. The average molecular weight is 355 g/mol. The normalized spacial score (nSPS) is 11.0. The van der Waals surface area contributed by atoms with Crippen molar-refractivity contribution in [1.29, 1.82) is 0 Å². The molecule has 0 saturated heterocycles. The maximum Gasteiger partial charge on any atom is 0.234 e. The van der Waals surface area contributed by atoms with Crippen LogP contribution in [0, 0.1) is 6.92 Å². The quantitative estimate of drug-likeness (QED) is 0.766. The van der Waals surface area contributed by atoms with Crippen molar-refractivity contribution >= 4 is 35.0 Å². The SMILES string of the molecule is Cc1c(Cl)cccc1NC(=O)CSc1nnnn1CCN(C)C. The van der Waals surface area contributed by atoms with Crippen LogP contribution in [0.5, 0.6) is 0 Å². The highest BCUT2D eigenvalue weighted by molar-refractivity contribution is 7.99. The third kappa shape index (κ3) is 5.19. The minimum atomic E-state index is -0.123. The van der Waals surface area contributed by atoms with E-state index in [1.807, 2.05) is 32.0 Å². The van der Waals surface area contributed by atoms with Crippen molar-refractivity contribution in [2.75, 3.05) is 31.7 Å². The van der Waals surface area contributed by atoms with E-state index in [4.69, 9.17) is 11.6 Å². The fourth-order valence-corrected chi connectivity index (χ4v) is 2.67. The Bertz CT molecular complexity index is 675. The Labute approximate surface area is 144 Å². The van der Waals surface area contributed by atoms with Gasteiger partial charge in [0.15, 0.2) is 0 Å². The number of anilines is 1. The molecule has 0 atom stereocenters. The zero-order valence-electron chi connectivity index (χ0n) is 13.3. The van der Waals surface area contributed by atoms with Gasteiger partial charge in [0.25, 0.3) is 0 Å². The first-order chi connectivity index (χ1) is 11.0. The van der Waals surface area contributed by atoms with E-state index in [1.165, 1.54) is 11.8 Å². The number of tetrazole rings is 1. The van der Waals surface area contributed by atoms with Crippen molar-refractivity contribution in [3.05, 3.63) is 28.8 Å². The molecule has 0 spiro atoms. The Balaban J connectivity index is 1.90. The summed E-state index contributed by atoms with van der Waals surface area (Å²) in [5.74, 6) is 0.108. The van der Waals surface area contributed by atoms with Crippen molar-refractivity contribution in [2.24, 2.45) is 0 Å². The summed E-state index contributed by atoms with van der Waals surface area (Å²) in [4.78, 5) is 14.1. The fourth-order valence-electron chi connectivity index (χ4n) is 1.79. The molecule has 0 bridgehead atoms. The van der Waals surface area contributed by atoms with Gasteiger partial charge in [-0.3, -0.25) is 4.79 Å². The predicted octanol–water partition coefficient (Wildman–Crippen LogP) is 1.93. The van der Waals surface area contributed by atoms with Gasteiger partial charge < -0.3 is 10.2 Å². The summed E-state index contributed by atoms with van der Waals surface area (Å²) < 4.78 is 1.70. The second kappa shape index (κ2) is 8.28. The Morgan fingerprint density at radius 3 is 2.96 bits per heavy atom. The largest absolute Gasteiger partial charge is 0.325 e. The highest BCUT2D eigenvalue weighted by atomic mass is 35.5. The topological polar surface area (TPSA) is 75.9 Å². The van der Waals surface area contributed by atoms with Gasteiger partial charge in [-0.15, -0.1) is 5.10 Å². The van der Waals surface area contributed by atoms with Crippen molar-refractivity contribution in [3.63, 3.8) is 0 Å². The first-order valence-electron chi connectivity index (χ1n) is 7.06. The molecule has 0 radical (unpaired) electrons. The van der Waals surface area contributed by atoms with Gasteiger partial charge in [0.1, 0.15) is 0 Å². The molecule has 1 aromatic carbocycles. The van der Waals surface area contributed by atoms with Gasteiger partial charge in [-0.1, -0.05) is 29.4 Å². The maximum absolute atomic E-state index is 12.1. The Hall–Kier alpha value is -1.64. The molecule has 1 N–H and O–H groups in total. The minimum absolute atomic E-state index is 0.123. The summed E-state index contributed by atoms with van der Waals surface area (Å²) in [6.45, 7) is 3.37. The summed E-state index contributed by atoms with van der Waals surface area (Å²) in [6, 6.07) is 5.42. The average Bonchev–Trinajstić information content (AvgIpc) is 2.95. The van der Waals surface area contributed by atoms with Gasteiger partial charge in [-0.25, -0.2) is 4.68 Å². The number of halogens is 1. The number of carbonyl (C=O) groups excluding carboxylic acids is 1. The Morgan fingerprint density at radius 2 is 2.22 bits per heavy atom. The maximum atomic E-state index is 12.1. The van der Waals surface area contributed by atoms with E-state index < -0.39 is 0 Å². The van der Waals surface area contributed by atoms with Crippen LogP contribution < -0.4 is 5.32 Å². The molecule has 2 rings (SSSR count). The van der Waals surface area contributed by atoms with Crippen molar-refractivity contribution < 1.29 is 4.79 Å². The molecule has 0 saturated carbocycles. The van der Waals surface area contributed by atoms with Gasteiger partial charge in [0.2, 0.25) is 11.1 Å². The van der Waals surface area contributed by atoms with Crippen LogP contribution in [0.25, 0.3) is 0 Å². The van der Waals surface area contributed by atoms with Crippen molar-refractivity contribution in [1.82, 2.24) is 25.1 Å². The van der Waals surface area contributed by atoms with E-state index in [2.05, 4.69) is 20.8 Å². The molecule has 124 valence electrons. The zero-order chi connectivity index (χ0) is 16.8. The number of benzene rings is 1. The van der Waals surface area contributed by atoms with E-state index in [0.717, 1.165) is 17.8 Å². The van der Waals surface area contributed by atoms with Gasteiger partial charge in [-0.2, -0.15) is 0 Å². The standard InChI is InChI=1S/C14H19ClN6OS/c1-10-11(15)5-4-6-12(10)16-13(22)9-23-14-17-18-19-21(14)8-7-20(2)3/h4-6H,7-9H2,1-3H3,(H,16,22). The molecule has 0 fully saturated rings. The van der Waals surface area contributed by atoms with Crippen LogP contribution in [0.2, 0.25) is 5.02 Å². The molecule has 0 aliphatic carbocycles. The van der Waals surface area contributed by atoms with E-state index in [-0.39, 0.29) is 11.7 Å². The molecule has 0 aliphatic heterocycles. The second-order valence-electron chi connectivity index (χ2n) is 5.24. The smallest absolute Gasteiger partial charge is 0.234 e. The molecule has 0 unspecified atom stereocenters. The molecule has 2 aromatic rings. The Kier molecular flexibility index (Phi) is 6.37. The molecule has 23 heavy (non-hydrogen) atoms. The van der Waals surface area contributed by atoms with Gasteiger partial charge in [0.05, 0.1) is 12.3 Å². The van der Waals surface area contributed by atoms with Gasteiger partial charge in [-0.05, 0) is 49.1 Å². The molecule has 1 aromatic heterocycles. The van der Waals surface area contributed by atoms with Crippen LogP contribution in [0.4, 0.5) is 5.69 Å². The lowest BCUT2D eigenvalue weighted by molar-refractivity contribution is -0.113. The Morgan fingerprint density at radius 1 is 1.43 bits per heavy atom. The highest BCUT2D eigenvalue weighted by Crippen LogP contribution is 2.23. The van der Waals surface area contributed by atoms with Crippen LogP contribution in [-0.4, -0.2) is 57.4 Å². The van der Waals surface area contributed by atoms with Crippen LogP contribution in [0.1, 0.15) is 5.56 Å². The summed E-state index contributed by atoms with van der Waals surface area (Å²) in [6.07, 6.45) is 0. The zero-order valence-corrected chi connectivity index (χ0v) is 14.9. The number of nitrogens with zero attached hydrogens (tertiary/aromatic N) is 5. The number of rotatable bonds is 7. The molecular weight excluding hydrogens is 336 g/mol. The van der Waals surface area contributed by atoms with Crippen molar-refractivity contribution in [3.8, 4) is 0 Å². The lowest BCUT2D eigenvalue weighted by Crippen LogP contribution is -2.20. The number of likely N-dealkylation sites (N-methyl/N-ethyl adjacent to an activating group) is 1. The first-order valence-corrected chi connectivity index (χ1v) is 8.42. The molecule has 9 heteroatoms. The van der Waals surface area contributed by atoms with E-state index in [0.29, 0.717) is 16.7 Å². The summed E-state index contributed by atoms with van der Waals surface area (Å²) >= 11 is 7.35. The molecule has 0 aliphatic rings. The number of amides is 1. The van der Waals surface area contributed by atoms with E-state index >= 15 is 0 Å². The third-order valence-electron chi connectivity index (χ3n) is 3.13. The summed E-state index contributed by atoms with van der Waals surface area (Å²) in [5, 5.41) is 15.7. The van der Waals surface area contributed by atoms with E-state index in [9.17, 15) is 4.79 Å². The van der Waals surface area contributed by atoms with Crippen LogP contribution in [0.3, 0.4) is 0 Å². The second-order valence-corrected chi connectivity index (χ2v) is 6.59. The van der Waals surface area contributed by atoms with Crippen LogP contribution in [0.15, 0.2) is 23.4 Å². The van der Waals surface area contributed by atoms with Crippen LogP contribution in [-0.2, 0) is 11.3 Å².